The van der Waals surface area contributed by atoms with Crippen LogP contribution in [0.25, 0.3) is 0 Å². The van der Waals surface area contributed by atoms with Gasteiger partial charge in [-0.25, -0.2) is 0 Å². The van der Waals surface area contributed by atoms with Crippen molar-refractivity contribution in [2.24, 2.45) is 23.7 Å². The molecule has 3 heteroatoms. The first-order valence-electron chi connectivity index (χ1n) is 6.86. The summed E-state index contributed by atoms with van der Waals surface area (Å²) in [5, 5.41) is 0. The number of nitrogens with zero attached hydrogens (tertiary/aromatic N) is 1. The Hall–Kier alpha value is -1.12. The Balaban J connectivity index is 0.000000771. The van der Waals surface area contributed by atoms with Crippen LogP contribution in [0.15, 0.2) is 13.2 Å². The van der Waals surface area contributed by atoms with E-state index in [0.29, 0.717) is 18.4 Å². The number of hydrogen-bond acceptors (Lipinski definition) is 2. The number of rotatable bonds is 2. The highest BCUT2D eigenvalue weighted by Crippen LogP contribution is 2.40. The quantitative estimate of drug-likeness (QED) is 0.559. The molecule has 18 heavy (non-hydrogen) atoms. The highest BCUT2D eigenvalue weighted by Gasteiger charge is 2.49. The average Bonchev–Trinajstić information content (AvgIpc) is 2.56. The molecular weight excluding hydrogens is 226 g/mol. The van der Waals surface area contributed by atoms with Crippen LogP contribution in [0.5, 0.6) is 0 Å². The van der Waals surface area contributed by atoms with Crippen molar-refractivity contribution in [3.05, 3.63) is 13.2 Å². The number of carbonyl (C=O) groups is 2. The van der Waals surface area contributed by atoms with Gasteiger partial charge in [-0.2, -0.15) is 0 Å². The van der Waals surface area contributed by atoms with Crippen LogP contribution in [0.3, 0.4) is 0 Å². The highest BCUT2D eigenvalue weighted by molar-refractivity contribution is 6.05. The summed E-state index contributed by atoms with van der Waals surface area (Å²) in [5.41, 5.74) is 0. The van der Waals surface area contributed by atoms with Crippen molar-refractivity contribution in [2.45, 2.75) is 40.0 Å². The molecule has 1 aliphatic heterocycles. The first-order chi connectivity index (χ1) is 8.50. The summed E-state index contributed by atoms with van der Waals surface area (Å²) < 4.78 is 0. The van der Waals surface area contributed by atoms with E-state index in [0.717, 1.165) is 19.3 Å². The Bertz CT molecular complexity index is 324. The second kappa shape index (κ2) is 6.17. The highest BCUT2D eigenvalue weighted by atomic mass is 16.2. The Morgan fingerprint density at radius 3 is 2.28 bits per heavy atom. The van der Waals surface area contributed by atoms with Gasteiger partial charge in [0.15, 0.2) is 0 Å². The molecule has 1 saturated heterocycles. The minimum Gasteiger partial charge on any atom is -0.282 e. The molecule has 3 unspecified atom stereocenters. The Kier molecular flexibility index (Phi) is 5.12. The first kappa shape index (κ1) is 14.9. The van der Waals surface area contributed by atoms with Crippen molar-refractivity contribution >= 4 is 11.8 Å². The van der Waals surface area contributed by atoms with Gasteiger partial charge in [-0.05, 0) is 31.1 Å². The number of likely N-dealkylation sites (tertiary alicyclic amines) is 1. The summed E-state index contributed by atoms with van der Waals surface area (Å²) in [6, 6.07) is 0. The SMILES string of the molecule is C=C.CC(C)CN1C(=O)C2CCC(C)CC2C1=O. The van der Waals surface area contributed by atoms with E-state index in [1.807, 2.05) is 13.8 Å². The van der Waals surface area contributed by atoms with Gasteiger partial charge < -0.3 is 0 Å². The van der Waals surface area contributed by atoms with Gasteiger partial charge in [0.1, 0.15) is 0 Å². The predicted octanol–water partition coefficient (Wildman–Crippen LogP) is 2.87. The summed E-state index contributed by atoms with van der Waals surface area (Å²) in [6.45, 7) is 12.9. The topological polar surface area (TPSA) is 37.4 Å². The van der Waals surface area contributed by atoms with Gasteiger partial charge in [0.25, 0.3) is 0 Å². The lowest BCUT2D eigenvalue weighted by atomic mass is 9.76. The molecule has 2 amide bonds. The molecule has 1 aliphatic carbocycles. The lowest BCUT2D eigenvalue weighted by Crippen LogP contribution is -2.34. The van der Waals surface area contributed by atoms with E-state index in [9.17, 15) is 9.59 Å². The minimum atomic E-state index is -0.00463. The van der Waals surface area contributed by atoms with E-state index in [1.54, 1.807) is 0 Å². The maximum atomic E-state index is 12.1. The second-order valence-corrected chi connectivity index (χ2v) is 5.81. The van der Waals surface area contributed by atoms with Gasteiger partial charge in [-0.3, -0.25) is 14.5 Å². The number of hydrogen-bond donors (Lipinski definition) is 0. The zero-order valence-corrected chi connectivity index (χ0v) is 11.8. The molecule has 2 rings (SSSR count). The fraction of sp³-hybridized carbons (Fsp3) is 0.733. The number of fused-ring (bicyclic) bond motifs is 1. The Labute approximate surface area is 110 Å². The van der Waals surface area contributed by atoms with Crippen LogP contribution in [0, 0.1) is 23.7 Å². The largest absolute Gasteiger partial charge is 0.282 e. The molecule has 3 nitrogen and oxygen atoms in total. The van der Waals surface area contributed by atoms with Crippen LogP contribution in [0.2, 0.25) is 0 Å². The summed E-state index contributed by atoms with van der Waals surface area (Å²) in [4.78, 5) is 25.7. The van der Waals surface area contributed by atoms with E-state index in [1.165, 1.54) is 4.90 Å². The van der Waals surface area contributed by atoms with E-state index in [2.05, 4.69) is 20.1 Å². The molecular formula is C15H25NO2. The van der Waals surface area contributed by atoms with Crippen molar-refractivity contribution < 1.29 is 9.59 Å². The maximum Gasteiger partial charge on any atom is 0.233 e. The van der Waals surface area contributed by atoms with Gasteiger partial charge in [-0.1, -0.05) is 20.8 Å². The Morgan fingerprint density at radius 2 is 1.72 bits per heavy atom. The van der Waals surface area contributed by atoms with Crippen LogP contribution in [-0.2, 0) is 9.59 Å². The zero-order valence-electron chi connectivity index (χ0n) is 11.8. The molecule has 3 atom stereocenters. The van der Waals surface area contributed by atoms with E-state index >= 15 is 0 Å². The molecule has 0 aromatic heterocycles. The fourth-order valence-electron chi connectivity index (χ4n) is 3.00. The predicted molar refractivity (Wildman–Crippen MR) is 72.8 cm³/mol. The van der Waals surface area contributed by atoms with Crippen molar-refractivity contribution in [2.75, 3.05) is 6.54 Å². The lowest BCUT2D eigenvalue weighted by Gasteiger charge is -2.25. The molecule has 0 bridgehead atoms. The van der Waals surface area contributed by atoms with Crippen LogP contribution in [0.1, 0.15) is 40.0 Å². The first-order valence-corrected chi connectivity index (χ1v) is 6.86. The maximum absolute atomic E-state index is 12.1. The van der Waals surface area contributed by atoms with Gasteiger partial charge >= 0.3 is 0 Å². The molecule has 1 saturated carbocycles. The molecule has 0 N–H and O–H groups in total. The van der Waals surface area contributed by atoms with E-state index in [-0.39, 0.29) is 23.7 Å². The van der Waals surface area contributed by atoms with Crippen LogP contribution < -0.4 is 0 Å². The van der Waals surface area contributed by atoms with Gasteiger partial charge in [0, 0.05) is 6.54 Å². The number of carbonyl (C=O) groups excluding carboxylic acids is 2. The summed E-state index contributed by atoms with van der Waals surface area (Å²) in [6.07, 6.45) is 2.91. The van der Waals surface area contributed by atoms with Crippen molar-refractivity contribution in [3.8, 4) is 0 Å². The van der Waals surface area contributed by atoms with Gasteiger partial charge in [-0.15, -0.1) is 13.2 Å². The molecule has 0 spiro atoms. The average molecular weight is 251 g/mol. The van der Waals surface area contributed by atoms with E-state index < -0.39 is 0 Å². The van der Waals surface area contributed by atoms with Crippen LogP contribution in [-0.4, -0.2) is 23.3 Å². The molecule has 0 aromatic rings. The third kappa shape index (κ3) is 2.82. The molecule has 0 radical (unpaired) electrons. The van der Waals surface area contributed by atoms with Crippen molar-refractivity contribution in [1.29, 1.82) is 0 Å². The fourth-order valence-corrected chi connectivity index (χ4v) is 3.00. The van der Waals surface area contributed by atoms with Crippen LogP contribution in [0.4, 0.5) is 0 Å². The summed E-state index contributed by atoms with van der Waals surface area (Å²) >= 11 is 0. The zero-order chi connectivity index (χ0) is 13.9. The van der Waals surface area contributed by atoms with Crippen molar-refractivity contribution in [1.82, 2.24) is 4.90 Å². The minimum absolute atomic E-state index is 0.00227. The Morgan fingerprint density at radius 1 is 1.17 bits per heavy atom. The normalized spacial score (nSPS) is 31.1. The third-order valence-electron chi connectivity index (χ3n) is 3.83. The molecule has 102 valence electrons. The summed E-state index contributed by atoms with van der Waals surface area (Å²) in [5.74, 6) is 1.14. The molecule has 2 fully saturated rings. The molecule has 2 aliphatic rings. The lowest BCUT2D eigenvalue weighted by molar-refractivity contribution is -0.140. The smallest absolute Gasteiger partial charge is 0.233 e. The van der Waals surface area contributed by atoms with Gasteiger partial charge in [0.05, 0.1) is 11.8 Å². The second-order valence-electron chi connectivity index (χ2n) is 5.81. The monoisotopic (exact) mass is 251 g/mol. The summed E-state index contributed by atoms with van der Waals surface area (Å²) in [7, 11) is 0. The van der Waals surface area contributed by atoms with Gasteiger partial charge in [0.2, 0.25) is 11.8 Å². The standard InChI is InChI=1S/C13H21NO2.C2H4/c1-8(2)7-14-12(15)10-5-4-9(3)6-11(10)13(14)16;1-2/h8-11H,4-7H2,1-3H3;1-2H2. The van der Waals surface area contributed by atoms with Crippen molar-refractivity contribution in [3.63, 3.8) is 0 Å². The third-order valence-corrected chi connectivity index (χ3v) is 3.83. The number of amides is 2. The van der Waals surface area contributed by atoms with Crippen LogP contribution >= 0.6 is 0 Å². The number of imide groups is 1. The molecule has 1 heterocycles. The van der Waals surface area contributed by atoms with E-state index in [4.69, 9.17) is 0 Å². The molecule has 0 aromatic carbocycles.